The number of carboxylic acid groups (broad SMARTS) is 1. The van der Waals surface area contributed by atoms with Crippen molar-refractivity contribution in [1.29, 1.82) is 0 Å². The molecule has 0 spiro atoms. The zero-order valence-electron chi connectivity index (χ0n) is 9.00. The van der Waals surface area contributed by atoms with Gasteiger partial charge in [0, 0.05) is 32.2 Å². The Kier molecular flexibility index (Phi) is 3.53. The quantitative estimate of drug-likeness (QED) is 0.770. The molecule has 1 N–H and O–H groups in total. The molecule has 2 heterocycles. The van der Waals surface area contributed by atoms with E-state index in [1.165, 1.54) is 0 Å². The highest BCUT2D eigenvalue weighted by atomic mass is 16.5. The van der Waals surface area contributed by atoms with Crippen LogP contribution in [0.4, 0.5) is 0 Å². The van der Waals surface area contributed by atoms with Gasteiger partial charge in [-0.15, -0.1) is 0 Å². The van der Waals surface area contributed by atoms with E-state index in [0.717, 1.165) is 38.5 Å². The van der Waals surface area contributed by atoms with E-state index in [1.54, 1.807) is 6.20 Å². The minimum absolute atomic E-state index is 0.135. The number of piperazine rings is 1. The van der Waals surface area contributed by atoms with Crippen molar-refractivity contribution in [2.24, 2.45) is 0 Å². The van der Waals surface area contributed by atoms with Crippen LogP contribution in [-0.2, 0) is 11.3 Å². The molecule has 0 atom stereocenters. The van der Waals surface area contributed by atoms with Gasteiger partial charge in [-0.1, -0.05) is 5.16 Å². The third kappa shape index (κ3) is 3.04. The zero-order chi connectivity index (χ0) is 11.4. The molecule has 1 fully saturated rings. The Balaban J connectivity index is 1.75. The molecule has 0 bridgehead atoms. The van der Waals surface area contributed by atoms with Gasteiger partial charge in [-0.2, -0.15) is 0 Å². The van der Waals surface area contributed by atoms with Crippen molar-refractivity contribution in [3.05, 3.63) is 18.0 Å². The lowest BCUT2D eigenvalue weighted by Crippen LogP contribution is -2.47. The van der Waals surface area contributed by atoms with E-state index in [0.29, 0.717) is 0 Å². The van der Waals surface area contributed by atoms with Crippen molar-refractivity contribution in [2.75, 3.05) is 32.7 Å². The first-order valence-electron chi connectivity index (χ1n) is 5.30. The van der Waals surface area contributed by atoms with Crippen molar-refractivity contribution >= 4 is 5.97 Å². The topological polar surface area (TPSA) is 69.8 Å². The normalized spacial score (nSPS) is 18.8. The maximum absolute atomic E-state index is 10.5. The van der Waals surface area contributed by atoms with E-state index < -0.39 is 5.97 Å². The van der Waals surface area contributed by atoms with Crippen LogP contribution in [0.1, 0.15) is 5.76 Å². The number of aromatic nitrogens is 1. The van der Waals surface area contributed by atoms with Crippen molar-refractivity contribution in [2.45, 2.75) is 6.54 Å². The van der Waals surface area contributed by atoms with Crippen LogP contribution in [0.2, 0.25) is 0 Å². The van der Waals surface area contributed by atoms with E-state index in [9.17, 15) is 4.79 Å². The van der Waals surface area contributed by atoms with Gasteiger partial charge in [-0.25, -0.2) is 0 Å². The lowest BCUT2D eigenvalue weighted by molar-refractivity contribution is -0.138. The molecule has 6 heteroatoms. The van der Waals surface area contributed by atoms with Crippen molar-refractivity contribution in [3.8, 4) is 0 Å². The molecular formula is C10H15N3O3. The molecule has 1 aromatic heterocycles. The predicted octanol–water partition coefficient (Wildman–Crippen LogP) is -0.123. The van der Waals surface area contributed by atoms with Gasteiger partial charge in [0.05, 0.1) is 19.3 Å². The lowest BCUT2D eigenvalue weighted by Gasteiger charge is -2.33. The maximum atomic E-state index is 10.5. The lowest BCUT2D eigenvalue weighted by atomic mass is 10.3. The Labute approximate surface area is 93.4 Å². The Morgan fingerprint density at radius 3 is 2.62 bits per heavy atom. The van der Waals surface area contributed by atoms with E-state index in [4.69, 9.17) is 9.63 Å². The van der Waals surface area contributed by atoms with Gasteiger partial charge in [0.2, 0.25) is 0 Å². The first kappa shape index (κ1) is 11.1. The summed E-state index contributed by atoms with van der Waals surface area (Å²) in [6, 6.07) is 1.85. The van der Waals surface area contributed by atoms with Crippen LogP contribution in [0.25, 0.3) is 0 Å². The molecule has 0 aliphatic carbocycles. The van der Waals surface area contributed by atoms with Gasteiger partial charge in [-0.3, -0.25) is 14.6 Å². The fraction of sp³-hybridized carbons (Fsp3) is 0.600. The molecule has 88 valence electrons. The summed E-state index contributed by atoms with van der Waals surface area (Å²) in [6.45, 7) is 4.21. The van der Waals surface area contributed by atoms with Crippen LogP contribution in [-0.4, -0.2) is 58.8 Å². The van der Waals surface area contributed by atoms with Crippen molar-refractivity contribution in [3.63, 3.8) is 0 Å². The summed E-state index contributed by atoms with van der Waals surface area (Å²) in [5, 5.41) is 12.3. The third-order valence-electron chi connectivity index (χ3n) is 2.69. The summed E-state index contributed by atoms with van der Waals surface area (Å²) in [4.78, 5) is 14.7. The fourth-order valence-electron chi connectivity index (χ4n) is 1.84. The molecular weight excluding hydrogens is 210 g/mol. The molecule has 1 aromatic rings. The van der Waals surface area contributed by atoms with Gasteiger partial charge >= 0.3 is 5.97 Å². The van der Waals surface area contributed by atoms with Gasteiger partial charge < -0.3 is 9.63 Å². The van der Waals surface area contributed by atoms with Crippen LogP contribution >= 0.6 is 0 Å². The second-order valence-corrected chi connectivity index (χ2v) is 3.92. The SMILES string of the molecule is O=C(O)CN1CCN(Cc2ccno2)CC1. The average Bonchev–Trinajstić information content (AvgIpc) is 2.73. The second-order valence-electron chi connectivity index (χ2n) is 3.92. The van der Waals surface area contributed by atoms with Crippen molar-refractivity contribution < 1.29 is 14.4 Å². The van der Waals surface area contributed by atoms with Crippen molar-refractivity contribution in [1.82, 2.24) is 15.0 Å². The second kappa shape index (κ2) is 5.09. The van der Waals surface area contributed by atoms with E-state index in [1.807, 2.05) is 11.0 Å². The van der Waals surface area contributed by atoms with Crippen LogP contribution < -0.4 is 0 Å². The molecule has 16 heavy (non-hydrogen) atoms. The van der Waals surface area contributed by atoms with Gasteiger partial charge in [-0.05, 0) is 0 Å². The summed E-state index contributed by atoms with van der Waals surface area (Å²) in [7, 11) is 0. The monoisotopic (exact) mass is 225 g/mol. The maximum Gasteiger partial charge on any atom is 0.317 e. The van der Waals surface area contributed by atoms with E-state index >= 15 is 0 Å². The molecule has 0 aromatic carbocycles. The number of rotatable bonds is 4. The van der Waals surface area contributed by atoms with Gasteiger partial charge in [0.25, 0.3) is 0 Å². The number of nitrogens with zero attached hydrogens (tertiary/aromatic N) is 3. The highest BCUT2D eigenvalue weighted by Gasteiger charge is 2.19. The van der Waals surface area contributed by atoms with Gasteiger partial charge in [0.1, 0.15) is 0 Å². The molecule has 0 amide bonds. The molecule has 1 aliphatic heterocycles. The summed E-state index contributed by atoms with van der Waals surface area (Å²) >= 11 is 0. The molecule has 1 aliphatic rings. The minimum Gasteiger partial charge on any atom is -0.480 e. The standard InChI is InChI=1S/C10H15N3O3/c14-10(15)8-13-5-3-12(4-6-13)7-9-1-2-11-16-9/h1-2H,3-8H2,(H,14,15). The first-order chi connectivity index (χ1) is 7.74. The summed E-state index contributed by atoms with van der Waals surface area (Å²) in [5.41, 5.74) is 0. The molecule has 6 nitrogen and oxygen atoms in total. The van der Waals surface area contributed by atoms with Gasteiger partial charge in [0.15, 0.2) is 5.76 Å². The van der Waals surface area contributed by atoms with E-state index in [2.05, 4.69) is 10.1 Å². The molecule has 2 rings (SSSR count). The summed E-state index contributed by atoms with van der Waals surface area (Å²) in [5.74, 6) is 0.0929. The smallest absolute Gasteiger partial charge is 0.317 e. The zero-order valence-corrected chi connectivity index (χ0v) is 9.00. The summed E-state index contributed by atoms with van der Waals surface area (Å²) < 4.78 is 5.03. The number of hydrogen-bond donors (Lipinski definition) is 1. The molecule has 0 unspecified atom stereocenters. The Hall–Kier alpha value is -1.40. The van der Waals surface area contributed by atoms with Crippen LogP contribution in [0, 0.1) is 0 Å². The van der Waals surface area contributed by atoms with Crippen LogP contribution in [0.5, 0.6) is 0 Å². The highest BCUT2D eigenvalue weighted by Crippen LogP contribution is 2.07. The van der Waals surface area contributed by atoms with Crippen LogP contribution in [0.15, 0.2) is 16.8 Å². The Bertz CT molecular complexity index is 331. The predicted molar refractivity (Wildman–Crippen MR) is 55.9 cm³/mol. The molecule has 1 saturated heterocycles. The fourth-order valence-corrected chi connectivity index (χ4v) is 1.84. The number of carboxylic acids is 1. The number of hydrogen-bond acceptors (Lipinski definition) is 5. The third-order valence-corrected chi connectivity index (χ3v) is 2.69. The first-order valence-corrected chi connectivity index (χ1v) is 5.30. The average molecular weight is 225 g/mol. The number of carbonyl (C=O) groups is 1. The Morgan fingerprint density at radius 2 is 2.06 bits per heavy atom. The van der Waals surface area contributed by atoms with Crippen LogP contribution in [0.3, 0.4) is 0 Å². The minimum atomic E-state index is -0.760. The Morgan fingerprint density at radius 1 is 1.38 bits per heavy atom. The number of aliphatic carboxylic acids is 1. The van der Waals surface area contributed by atoms with E-state index in [-0.39, 0.29) is 6.54 Å². The largest absolute Gasteiger partial charge is 0.480 e. The molecule has 0 radical (unpaired) electrons. The summed E-state index contributed by atoms with van der Waals surface area (Å²) in [6.07, 6.45) is 1.63. The molecule has 0 saturated carbocycles. The highest BCUT2D eigenvalue weighted by molar-refractivity contribution is 5.69.